The molecule has 1 N–H and O–H groups in total. The van der Waals surface area contributed by atoms with Gasteiger partial charge in [-0.3, -0.25) is 0 Å². The lowest BCUT2D eigenvalue weighted by atomic mass is 10.1. The number of nitrogens with one attached hydrogen (secondary N) is 1. The van der Waals surface area contributed by atoms with Crippen LogP contribution >= 0.6 is 0 Å². The highest BCUT2D eigenvalue weighted by Gasteiger charge is 2.29. The van der Waals surface area contributed by atoms with Gasteiger partial charge in [-0.1, -0.05) is 0 Å². The lowest BCUT2D eigenvalue weighted by Crippen LogP contribution is -2.23. The molecule has 1 fully saturated rings. The number of carbonyl (C=O) groups is 1. The van der Waals surface area contributed by atoms with Crippen LogP contribution in [0.1, 0.15) is 15.3 Å². The topological polar surface area (TPSA) is 38.3 Å². The summed E-state index contributed by atoms with van der Waals surface area (Å²) < 4.78 is 4.80. The average Bonchev–Trinajstić information content (AvgIpc) is 1.82. The fourth-order valence-corrected chi connectivity index (χ4v) is 0.608. The number of hydrogen-bond donors (Lipinski definition) is 1. The van der Waals surface area contributed by atoms with Gasteiger partial charge in [-0.05, 0) is 13.8 Å². The molecular weight excluding hydrogens is 106 g/mol. The van der Waals surface area contributed by atoms with Crippen LogP contribution in [0.3, 0.4) is 0 Å². The Morgan fingerprint density at radius 3 is 2.62 bits per heavy atom. The highest BCUT2D eigenvalue weighted by atomic mass is 16.6. The summed E-state index contributed by atoms with van der Waals surface area (Å²) in [5.41, 5.74) is -0.295. The van der Waals surface area contributed by atoms with Crippen LogP contribution in [0, 0.1) is 0 Å². The minimum atomic E-state index is -0.310. The second kappa shape index (κ2) is 1.37. The maximum atomic E-state index is 10.3. The molecule has 8 heavy (non-hydrogen) atoms. The van der Waals surface area contributed by atoms with Gasteiger partial charge in [0.15, 0.2) is 0 Å². The number of rotatable bonds is 0. The molecule has 3 nitrogen and oxygen atoms in total. The zero-order valence-electron chi connectivity index (χ0n) is 5.02. The summed E-state index contributed by atoms with van der Waals surface area (Å²) in [5.74, 6) is 0. The molecule has 1 aliphatic heterocycles. The molecule has 1 saturated heterocycles. The van der Waals surface area contributed by atoms with Crippen molar-refractivity contribution in [3.05, 3.63) is 0 Å². The number of ether oxygens (including phenoxy) is 1. The molecule has 3 heteroatoms. The van der Waals surface area contributed by atoms with Crippen molar-refractivity contribution in [1.29, 1.82) is 0 Å². The van der Waals surface area contributed by atoms with Crippen LogP contribution in [0.5, 0.6) is 0 Å². The highest BCUT2D eigenvalue weighted by Crippen LogP contribution is 2.12. The van der Waals surface area contributed by atoms with Crippen LogP contribution in [0.2, 0.25) is 0 Å². The monoisotopic (exact) mass is 117 g/mol. The molecule has 0 aliphatic carbocycles. The first-order chi connectivity index (χ1) is 3.60. The van der Waals surface area contributed by atoms with Crippen LogP contribution < -0.4 is 5.32 Å². The molecule has 1 heterocycles. The van der Waals surface area contributed by atoms with E-state index in [2.05, 4.69) is 5.32 Å². The Morgan fingerprint density at radius 2 is 2.50 bits per heavy atom. The van der Waals surface area contributed by atoms with Crippen LogP contribution in [0.4, 0.5) is 4.79 Å². The predicted octanol–water partition coefficient (Wildman–Crippen LogP) is 0.751. The molecule has 0 spiro atoms. The first-order valence-corrected chi connectivity index (χ1v) is 2.57. The number of alkyl carbamates (subject to hydrolysis) is 1. The maximum absolute atomic E-state index is 10.3. The van der Waals surface area contributed by atoms with E-state index >= 15 is 0 Å². The molecule has 0 unspecified atom stereocenters. The molecular formula is C5H11NO2. The van der Waals surface area contributed by atoms with Crippen molar-refractivity contribution in [2.24, 2.45) is 0 Å². The Morgan fingerprint density at radius 1 is 1.88 bits per heavy atom. The average molecular weight is 117 g/mol. The van der Waals surface area contributed by atoms with Crippen molar-refractivity contribution in [3.8, 4) is 0 Å². The third-order valence-electron chi connectivity index (χ3n) is 1.03. The summed E-state index contributed by atoms with van der Waals surface area (Å²) in [6.45, 7) is 4.35. The van der Waals surface area contributed by atoms with Crippen molar-refractivity contribution < 1.29 is 11.0 Å². The van der Waals surface area contributed by atoms with E-state index in [1.807, 2.05) is 13.8 Å². The number of cyclic esters (lactones) is 1. The van der Waals surface area contributed by atoms with Gasteiger partial charge < -0.3 is 10.1 Å². The van der Waals surface area contributed by atoms with Gasteiger partial charge in [0.25, 0.3) is 0 Å². The Kier molecular flexibility index (Phi) is 0.927. The second-order valence-electron chi connectivity index (χ2n) is 2.50. The smallest absolute Gasteiger partial charge is 0.407 e. The molecule has 0 saturated carbocycles. The maximum Gasteiger partial charge on any atom is 0.407 e. The Balaban J connectivity index is 0.000000640. The molecule has 1 amide bonds. The zero-order valence-corrected chi connectivity index (χ0v) is 5.02. The van der Waals surface area contributed by atoms with E-state index in [0.29, 0.717) is 6.54 Å². The van der Waals surface area contributed by atoms with Gasteiger partial charge >= 0.3 is 6.09 Å². The van der Waals surface area contributed by atoms with Crippen molar-refractivity contribution >= 4 is 6.09 Å². The van der Waals surface area contributed by atoms with Gasteiger partial charge in [0, 0.05) is 1.43 Å². The van der Waals surface area contributed by atoms with E-state index in [4.69, 9.17) is 4.74 Å². The van der Waals surface area contributed by atoms with E-state index in [9.17, 15) is 4.79 Å². The number of hydrogen-bond acceptors (Lipinski definition) is 2. The van der Waals surface area contributed by atoms with Gasteiger partial charge in [0.1, 0.15) is 5.60 Å². The lowest BCUT2D eigenvalue weighted by molar-refractivity contribution is 0.0869. The van der Waals surface area contributed by atoms with Gasteiger partial charge in [0.05, 0.1) is 6.54 Å². The second-order valence-corrected chi connectivity index (χ2v) is 2.50. The van der Waals surface area contributed by atoms with E-state index in [0.717, 1.165) is 0 Å². The van der Waals surface area contributed by atoms with Gasteiger partial charge in [-0.25, -0.2) is 4.79 Å². The molecule has 1 rings (SSSR count). The summed E-state index contributed by atoms with van der Waals surface area (Å²) in [6, 6.07) is 0. The van der Waals surface area contributed by atoms with Crippen LogP contribution in [-0.4, -0.2) is 18.2 Å². The lowest BCUT2D eigenvalue weighted by Gasteiger charge is -2.11. The summed E-state index contributed by atoms with van der Waals surface area (Å²) in [7, 11) is 0. The molecule has 48 valence electrons. The minimum absolute atomic E-state index is 0. The summed E-state index contributed by atoms with van der Waals surface area (Å²) in [5, 5.41) is 2.55. The normalized spacial score (nSPS) is 24.5. The van der Waals surface area contributed by atoms with Crippen molar-refractivity contribution in [1.82, 2.24) is 5.32 Å². The highest BCUT2D eigenvalue weighted by molar-refractivity contribution is 5.69. The van der Waals surface area contributed by atoms with Gasteiger partial charge in [-0.2, -0.15) is 0 Å². The van der Waals surface area contributed by atoms with E-state index < -0.39 is 0 Å². The number of amides is 1. The summed E-state index contributed by atoms with van der Waals surface area (Å²) >= 11 is 0. The molecule has 0 aromatic heterocycles. The summed E-state index contributed by atoms with van der Waals surface area (Å²) in [6.07, 6.45) is -0.310. The van der Waals surface area contributed by atoms with Crippen molar-refractivity contribution in [3.63, 3.8) is 0 Å². The minimum Gasteiger partial charge on any atom is -0.442 e. The van der Waals surface area contributed by atoms with Gasteiger partial charge in [-0.15, -0.1) is 0 Å². The molecule has 1 aliphatic rings. The molecule has 0 bridgehead atoms. The molecule has 0 atom stereocenters. The fourth-order valence-electron chi connectivity index (χ4n) is 0.608. The summed E-state index contributed by atoms with van der Waals surface area (Å²) in [4.78, 5) is 10.3. The molecule has 0 aromatic carbocycles. The van der Waals surface area contributed by atoms with E-state index in [1.54, 1.807) is 0 Å². The Labute approximate surface area is 49.5 Å². The van der Waals surface area contributed by atoms with Crippen LogP contribution in [-0.2, 0) is 4.74 Å². The fraction of sp³-hybridized carbons (Fsp3) is 0.800. The first-order valence-electron chi connectivity index (χ1n) is 2.57. The van der Waals surface area contributed by atoms with Crippen LogP contribution in [0.15, 0.2) is 0 Å². The zero-order chi connectivity index (χ0) is 6.20. The molecule has 0 radical (unpaired) electrons. The Hall–Kier alpha value is -0.730. The first kappa shape index (κ1) is 5.41. The van der Waals surface area contributed by atoms with Gasteiger partial charge in [0.2, 0.25) is 0 Å². The Bertz CT molecular complexity index is 124. The molecule has 0 aromatic rings. The van der Waals surface area contributed by atoms with E-state index in [-0.39, 0.29) is 13.1 Å². The van der Waals surface area contributed by atoms with E-state index in [1.165, 1.54) is 0 Å². The standard InChI is InChI=1S/C5H9NO2.H2/c1-5(2)3-6-4(7)8-5;/h3H2,1-2H3,(H,6,7);1H. The van der Waals surface area contributed by atoms with Crippen molar-refractivity contribution in [2.75, 3.05) is 6.54 Å². The number of carbonyl (C=O) groups excluding carboxylic acids is 1. The predicted molar refractivity (Wildman–Crippen MR) is 30.7 cm³/mol. The SMILES string of the molecule is CC1(C)CNC(=O)O1.[HH]. The quantitative estimate of drug-likeness (QED) is 0.508. The largest absolute Gasteiger partial charge is 0.442 e. The third kappa shape index (κ3) is 0.911. The third-order valence-corrected chi connectivity index (χ3v) is 1.03. The van der Waals surface area contributed by atoms with Crippen molar-refractivity contribution in [2.45, 2.75) is 19.4 Å². The van der Waals surface area contributed by atoms with Crippen LogP contribution in [0.25, 0.3) is 0 Å².